The molecule has 40 heavy (non-hydrogen) atoms. The SMILES string of the molecule is C=CCCCN1CN(C(C)(C)C)CN(c2snc(Cc3ccc([N+](=O)[O-])cc3)c2-c2ccc([N+](=O)[O-])cc2)C1=O. The van der Waals surface area contributed by atoms with Crippen LogP contribution in [0.1, 0.15) is 44.9 Å². The number of rotatable bonds is 10. The van der Waals surface area contributed by atoms with E-state index in [-0.39, 0.29) is 22.9 Å². The normalized spacial score (nSPS) is 14.4. The summed E-state index contributed by atoms with van der Waals surface area (Å²) in [6.45, 7) is 11.5. The monoisotopic (exact) mass is 564 g/mol. The van der Waals surface area contributed by atoms with Gasteiger partial charge in [-0.2, -0.15) is 4.37 Å². The number of carbonyl (C=O) groups is 1. The molecule has 1 fully saturated rings. The molecule has 0 atom stereocenters. The summed E-state index contributed by atoms with van der Waals surface area (Å²) in [6.07, 6.45) is 3.81. The molecule has 2 amide bonds. The molecule has 2 heterocycles. The average molecular weight is 565 g/mol. The summed E-state index contributed by atoms with van der Waals surface area (Å²) < 4.78 is 4.73. The lowest BCUT2D eigenvalue weighted by Crippen LogP contribution is -2.62. The highest BCUT2D eigenvalue weighted by atomic mass is 32.1. The van der Waals surface area contributed by atoms with Gasteiger partial charge in [0.15, 0.2) is 0 Å². The fourth-order valence-corrected chi connectivity index (χ4v) is 5.38. The Morgan fingerprint density at radius 2 is 1.60 bits per heavy atom. The Morgan fingerprint density at radius 1 is 1.00 bits per heavy atom. The number of nitrogens with zero attached hydrogens (tertiary/aromatic N) is 6. The van der Waals surface area contributed by atoms with Gasteiger partial charge < -0.3 is 4.90 Å². The summed E-state index contributed by atoms with van der Waals surface area (Å²) >= 11 is 1.21. The number of hydrogen-bond donors (Lipinski definition) is 0. The molecule has 1 aliphatic rings. The molecule has 0 spiro atoms. The first kappa shape index (κ1) is 28.8. The predicted molar refractivity (Wildman–Crippen MR) is 155 cm³/mol. The van der Waals surface area contributed by atoms with Crippen LogP contribution in [0.4, 0.5) is 21.2 Å². The van der Waals surface area contributed by atoms with Gasteiger partial charge in [-0.25, -0.2) is 4.79 Å². The number of amides is 2. The van der Waals surface area contributed by atoms with Crippen LogP contribution in [0.25, 0.3) is 11.1 Å². The second-order valence-electron chi connectivity index (χ2n) is 10.6. The average Bonchev–Trinajstić information content (AvgIpc) is 3.32. The first-order valence-corrected chi connectivity index (χ1v) is 13.7. The lowest BCUT2D eigenvalue weighted by Gasteiger charge is -2.47. The van der Waals surface area contributed by atoms with E-state index >= 15 is 0 Å². The van der Waals surface area contributed by atoms with Gasteiger partial charge in [0.2, 0.25) is 0 Å². The van der Waals surface area contributed by atoms with Gasteiger partial charge >= 0.3 is 6.03 Å². The zero-order chi connectivity index (χ0) is 29.0. The Labute approximate surface area is 236 Å². The van der Waals surface area contributed by atoms with Crippen LogP contribution < -0.4 is 4.90 Å². The Morgan fingerprint density at radius 3 is 2.15 bits per heavy atom. The molecule has 12 heteroatoms. The van der Waals surface area contributed by atoms with Gasteiger partial charge in [-0.15, -0.1) is 6.58 Å². The molecule has 4 rings (SSSR count). The van der Waals surface area contributed by atoms with Gasteiger partial charge in [-0.05, 0) is 68.4 Å². The summed E-state index contributed by atoms with van der Waals surface area (Å²) in [5.74, 6) is 0. The van der Waals surface area contributed by atoms with E-state index in [1.54, 1.807) is 29.2 Å². The first-order chi connectivity index (χ1) is 19.0. The molecule has 210 valence electrons. The van der Waals surface area contributed by atoms with Crippen molar-refractivity contribution in [3.8, 4) is 11.1 Å². The highest BCUT2D eigenvalue weighted by Crippen LogP contribution is 2.41. The van der Waals surface area contributed by atoms with Crippen LogP contribution in [0.15, 0.2) is 61.2 Å². The lowest BCUT2D eigenvalue weighted by atomic mass is 10.00. The molecule has 1 aliphatic heterocycles. The Balaban J connectivity index is 1.78. The van der Waals surface area contributed by atoms with Crippen LogP contribution in [0.3, 0.4) is 0 Å². The highest BCUT2D eigenvalue weighted by Gasteiger charge is 2.38. The van der Waals surface area contributed by atoms with E-state index in [1.807, 2.05) is 11.0 Å². The van der Waals surface area contributed by atoms with E-state index in [1.165, 1.54) is 35.8 Å². The number of carbonyl (C=O) groups excluding carboxylic acids is 1. The number of nitro benzene ring substituents is 2. The van der Waals surface area contributed by atoms with Gasteiger partial charge in [0.1, 0.15) is 5.00 Å². The van der Waals surface area contributed by atoms with Crippen molar-refractivity contribution in [1.82, 2.24) is 14.2 Å². The standard InChI is InChI=1S/C28H32N6O5S/c1-5-6-7-16-30-18-31(28(2,3)4)19-32(27(30)35)26-25(21-10-14-23(15-11-21)34(38)39)24(29-40-26)17-20-8-12-22(13-9-20)33(36)37/h5,8-15H,1,6-7,16-19H2,2-4H3. The van der Waals surface area contributed by atoms with Crippen molar-refractivity contribution in [1.29, 1.82) is 0 Å². The second-order valence-corrected chi connectivity index (χ2v) is 11.4. The molecule has 0 radical (unpaired) electrons. The minimum atomic E-state index is -0.454. The van der Waals surface area contributed by atoms with Crippen molar-refractivity contribution < 1.29 is 14.6 Å². The zero-order valence-electron chi connectivity index (χ0n) is 22.8. The summed E-state index contributed by atoms with van der Waals surface area (Å²) in [5, 5.41) is 23.0. The molecule has 1 saturated heterocycles. The number of nitro groups is 2. The minimum absolute atomic E-state index is 0.00367. The minimum Gasteiger partial charge on any atom is -0.311 e. The molecule has 0 bridgehead atoms. The Bertz CT molecular complexity index is 1400. The quantitative estimate of drug-likeness (QED) is 0.120. The largest absolute Gasteiger partial charge is 0.327 e. The maximum Gasteiger partial charge on any atom is 0.327 e. The van der Waals surface area contributed by atoms with Crippen LogP contribution in [0.5, 0.6) is 0 Å². The summed E-state index contributed by atoms with van der Waals surface area (Å²) in [5.41, 5.74) is 2.66. The van der Waals surface area contributed by atoms with Crippen LogP contribution in [0, 0.1) is 20.2 Å². The van der Waals surface area contributed by atoms with Crippen molar-refractivity contribution in [3.63, 3.8) is 0 Å². The van der Waals surface area contributed by atoms with Crippen molar-refractivity contribution in [2.75, 3.05) is 24.8 Å². The van der Waals surface area contributed by atoms with Crippen molar-refractivity contribution >= 4 is 33.9 Å². The number of non-ortho nitro benzene ring substituents is 2. The van der Waals surface area contributed by atoms with Gasteiger partial charge in [0.05, 0.1) is 28.9 Å². The van der Waals surface area contributed by atoms with Crippen molar-refractivity contribution in [2.24, 2.45) is 0 Å². The van der Waals surface area contributed by atoms with E-state index in [0.29, 0.717) is 48.1 Å². The van der Waals surface area contributed by atoms with Gasteiger partial charge in [-0.1, -0.05) is 18.2 Å². The van der Waals surface area contributed by atoms with Gasteiger partial charge in [0.25, 0.3) is 11.4 Å². The first-order valence-electron chi connectivity index (χ1n) is 12.9. The number of urea groups is 1. The molecular weight excluding hydrogens is 532 g/mol. The third-order valence-electron chi connectivity index (χ3n) is 6.82. The van der Waals surface area contributed by atoms with Crippen molar-refractivity contribution in [2.45, 2.75) is 45.6 Å². The molecule has 0 saturated carbocycles. The van der Waals surface area contributed by atoms with E-state index in [9.17, 15) is 25.0 Å². The number of hydrogen-bond acceptors (Lipinski definition) is 8. The fourth-order valence-electron chi connectivity index (χ4n) is 4.47. The third kappa shape index (κ3) is 6.35. The zero-order valence-corrected chi connectivity index (χ0v) is 23.6. The number of anilines is 1. The molecule has 0 aliphatic carbocycles. The van der Waals surface area contributed by atoms with Crippen LogP contribution in [-0.4, -0.2) is 55.5 Å². The Hall–Kier alpha value is -4.16. The number of benzene rings is 2. The van der Waals surface area contributed by atoms with E-state index in [2.05, 4.69) is 32.3 Å². The van der Waals surface area contributed by atoms with Crippen LogP contribution in [0.2, 0.25) is 0 Å². The number of aromatic nitrogens is 1. The molecular formula is C28H32N6O5S. The topological polar surface area (TPSA) is 126 Å². The number of allylic oxidation sites excluding steroid dienone is 1. The van der Waals surface area contributed by atoms with Crippen LogP contribution >= 0.6 is 11.5 Å². The molecule has 2 aromatic carbocycles. The fraction of sp³-hybridized carbons (Fsp3) is 0.357. The van der Waals surface area contributed by atoms with Crippen LogP contribution in [-0.2, 0) is 6.42 Å². The summed E-state index contributed by atoms with van der Waals surface area (Å²) in [4.78, 5) is 41.1. The molecule has 0 N–H and O–H groups in total. The Kier molecular flexibility index (Phi) is 8.60. The van der Waals surface area contributed by atoms with E-state index < -0.39 is 9.85 Å². The second kappa shape index (κ2) is 11.9. The third-order valence-corrected chi connectivity index (χ3v) is 7.72. The van der Waals surface area contributed by atoms with Gasteiger partial charge in [-0.3, -0.25) is 30.0 Å². The predicted octanol–water partition coefficient (Wildman–Crippen LogP) is 6.44. The smallest absolute Gasteiger partial charge is 0.311 e. The summed E-state index contributed by atoms with van der Waals surface area (Å²) in [7, 11) is 0. The highest BCUT2D eigenvalue weighted by molar-refractivity contribution is 7.11. The van der Waals surface area contributed by atoms with E-state index in [4.69, 9.17) is 4.37 Å². The van der Waals surface area contributed by atoms with E-state index in [0.717, 1.165) is 18.4 Å². The maximum absolute atomic E-state index is 13.8. The summed E-state index contributed by atoms with van der Waals surface area (Å²) in [6, 6.07) is 12.4. The molecule has 3 aromatic rings. The van der Waals surface area contributed by atoms with Gasteiger partial charge in [0, 0.05) is 48.3 Å². The molecule has 0 unspecified atom stereocenters. The number of unbranched alkanes of at least 4 members (excludes halogenated alkanes) is 1. The van der Waals surface area contributed by atoms with Crippen molar-refractivity contribution in [3.05, 3.63) is 92.7 Å². The maximum atomic E-state index is 13.8. The lowest BCUT2D eigenvalue weighted by molar-refractivity contribution is -0.385. The molecule has 1 aromatic heterocycles. The molecule has 11 nitrogen and oxygen atoms in total.